The zero-order chi connectivity index (χ0) is 12.2. The summed E-state index contributed by atoms with van der Waals surface area (Å²) in [5.41, 5.74) is -0.327. The summed E-state index contributed by atoms with van der Waals surface area (Å²) in [6.07, 6.45) is 0. The summed E-state index contributed by atoms with van der Waals surface area (Å²) in [5.74, 6) is 0. The molecule has 0 saturated heterocycles. The van der Waals surface area contributed by atoms with Crippen molar-refractivity contribution in [2.24, 2.45) is 0 Å². The van der Waals surface area contributed by atoms with Crippen molar-refractivity contribution in [1.82, 2.24) is 0 Å². The number of aryl methyl sites for hydroxylation is 1. The van der Waals surface area contributed by atoms with Crippen molar-refractivity contribution in [3.8, 4) is 0 Å². The molecule has 1 nitrogen and oxygen atoms in total. The Morgan fingerprint density at radius 3 is 2.50 bits per heavy atom. The minimum absolute atomic E-state index is 0.147. The van der Waals surface area contributed by atoms with Crippen LogP contribution in [0.15, 0.2) is 40.6 Å². The molecular formula is C12H14BrFOS. The quantitative estimate of drug-likeness (QED) is 0.661. The van der Waals surface area contributed by atoms with Crippen molar-refractivity contribution >= 4 is 27.7 Å². The average molecular weight is 305 g/mol. The minimum atomic E-state index is -1.49. The highest BCUT2D eigenvalue weighted by Gasteiger charge is 2.30. The second-order valence-corrected chi connectivity index (χ2v) is 5.37. The summed E-state index contributed by atoms with van der Waals surface area (Å²) in [6, 6.07) is 7.80. The second kappa shape index (κ2) is 5.84. The Balaban J connectivity index is 2.74. The fourth-order valence-electron chi connectivity index (χ4n) is 1.03. The molecule has 4 heteroatoms. The van der Waals surface area contributed by atoms with Crippen molar-refractivity contribution in [2.75, 3.05) is 12.0 Å². The number of hydrogen-bond acceptors (Lipinski definition) is 2. The molecule has 0 aliphatic carbocycles. The normalized spacial score (nSPS) is 14.5. The molecule has 0 heterocycles. The summed E-state index contributed by atoms with van der Waals surface area (Å²) in [6.45, 7) is 4.89. The topological polar surface area (TPSA) is 20.2 Å². The van der Waals surface area contributed by atoms with Gasteiger partial charge in [0.1, 0.15) is 12.3 Å². The van der Waals surface area contributed by atoms with Crippen LogP contribution in [0, 0.1) is 6.92 Å². The van der Waals surface area contributed by atoms with Crippen LogP contribution in [0.3, 0.4) is 0 Å². The van der Waals surface area contributed by atoms with Crippen LogP contribution in [0.4, 0.5) is 4.39 Å². The van der Waals surface area contributed by atoms with Crippen LogP contribution in [-0.2, 0) is 0 Å². The van der Waals surface area contributed by atoms with Gasteiger partial charge in [-0.3, -0.25) is 0 Å². The zero-order valence-electron chi connectivity index (χ0n) is 9.04. The number of thioether (sulfide) groups is 1. The van der Waals surface area contributed by atoms with Gasteiger partial charge in [0.25, 0.3) is 0 Å². The van der Waals surface area contributed by atoms with Gasteiger partial charge in [-0.25, -0.2) is 4.39 Å². The van der Waals surface area contributed by atoms with E-state index in [-0.39, 0.29) is 5.33 Å². The predicted octanol–water partition coefficient (Wildman–Crippen LogP) is 3.70. The number of rotatable bonds is 5. The Morgan fingerprint density at radius 1 is 1.50 bits per heavy atom. The summed E-state index contributed by atoms with van der Waals surface area (Å²) in [4.78, 5) is 1.36. The van der Waals surface area contributed by atoms with E-state index in [2.05, 4.69) is 22.5 Å². The predicted molar refractivity (Wildman–Crippen MR) is 70.9 cm³/mol. The highest BCUT2D eigenvalue weighted by molar-refractivity contribution is 9.09. The second-order valence-electron chi connectivity index (χ2n) is 3.64. The summed E-state index contributed by atoms with van der Waals surface area (Å²) in [7, 11) is 0. The molecule has 0 radical (unpaired) electrons. The number of aliphatic hydroxyl groups is 1. The monoisotopic (exact) mass is 304 g/mol. The average Bonchev–Trinajstić information content (AvgIpc) is 2.31. The van der Waals surface area contributed by atoms with Crippen molar-refractivity contribution < 1.29 is 9.50 Å². The molecule has 88 valence electrons. The van der Waals surface area contributed by atoms with Gasteiger partial charge in [-0.15, -0.1) is 0 Å². The summed E-state index contributed by atoms with van der Waals surface area (Å²) in [5, 5.41) is 10.0. The van der Waals surface area contributed by atoms with Crippen molar-refractivity contribution in [3.63, 3.8) is 0 Å². The fraction of sp³-hybridized carbons (Fsp3) is 0.333. The van der Waals surface area contributed by atoms with E-state index in [1.54, 1.807) is 0 Å². The fourth-order valence-corrected chi connectivity index (χ4v) is 2.58. The van der Waals surface area contributed by atoms with Gasteiger partial charge < -0.3 is 5.11 Å². The molecule has 1 unspecified atom stereocenters. The van der Waals surface area contributed by atoms with Crippen LogP contribution >= 0.6 is 27.7 Å². The van der Waals surface area contributed by atoms with E-state index in [1.807, 2.05) is 31.2 Å². The maximum absolute atomic E-state index is 12.7. The molecule has 0 fully saturated rings. The SMILES string of the molecule is C=C(Sc1ccc(C)cc1)C(O)(CF)CBr. The Labute approximate surface area is 108 Å². The lowest BCUT2D eigenvalue weighted by atomic mass is 10.1. The first-order valence-electron chi connectivity index (χ1n) is 4.80. The molecule has 0 aromatic heterocycles. The van der Waals surface area contributed by atoms with Gasteiger partial charge in [0.15, 0.2) is 0 Å². The van der Waals surface area contributed by atoms with Crippen molar-refractivity contribution in [2.45, 2.75) is 17.4 Å². The third kappa shape index (κ3) is 3.34. The highest BCUT2D eigenvalue weighted by atomic mass is 79.9. The molecule has 1 atom stereocenters. The van der Waals surface area contributed by atoms with Gasteiger partial charge >= 0.3 is 0 Å². The zero-order valence-corrected chi connectivity index (χ0v) is 11.4. The van der Waals surface area contributed by atoms with E-state index in [4.69, 9.17) is 0 Å². The molecule has 16 heavy (non-hydrogen) atoms. The van der Waals surface area contributed by atoms with Gasteiger partial charge in [-0.1, -0.05) is 52.0 Å². The molecular weight excluding hydrogens is 291 g/mol. The molecule has 0 amide bonds. The number of halogens is 2. The molecule has 0 bridgehead atoms. The van der Waals surface area contributed by atoms with Gasteiger partial charge in [0.05, 0.1) is 0 Å². The first kappa shape index (κ1) is 13.7. The van der Waals surface area contributed by atoms with Gasteiger partial charge in [0, 0.05) is 15.1 Å². The third-order valence-electron chi connectivity index (χ3n) is 2.22. The Hall–Kier alpha value is -0.320. The van der Waals surface area contributed by atoms with Crippen LogP contribution in [0.1, 0.15) is 5.56 Å². The maximum Gasteiger partial charge on any atom is 0.133 e. The van der Waals surface area contributed by atoms with Crippen LogP contribution in [0.2, 0.25) is 0 Å². The molecule has 0 spiro atoms. The van der Waals surface area contributed by atoms with Crippen LogP contribution in [0.25, 0.3) is 0 Å². The molecule has 0 saturated carbocycles. The summed E-state index contributed by atoms with van der Waals surface area (Å²) >= 11 is 4.39. The molecule has 1 rings (SSSR count). The van der Waals surface area contributed by atoms with E-state index in [0.717, 1.165) is 10.5 Å². The van der Waals surface area contributed by atoms with E-state index in [1.165, 1.54) is 11.8 Å². The molecule has 0 aliphatic rings. The third-order valence-corrected chi connectivity index (χ3v) is 4.29. The van der Waals surface area contributed by atoms with Gasteiger partial charge in [0.2, 0.25) is 0 Å². The molecule has 1 aromatic carbocycles. The Kier molecular flexibility index (Phi) is 5.02. The first-order valence-corrected chi connectivity index (χ1v) is 6.74. The molecule has 0 aliphatic heterocycles. The van der Waals surface area contributed by atoms with Crippen LogP contribution in [0.5, 0.6) is 0 Å². The number of benzene rings is 1. The molecule has 1 N–H and O–H groups in total. The van der Waals surface area contributed by atoms with Gasteiger partial charge in [-0.05, 0) is 19.1 Å². The summed E-state index contributed by atoms with van der Waals surface area (Å²) < 4.78 is 12.7. The van der Waals surface area contributed by atoms with E-state index < -0.39 is 12.3 Å². The lowest BCUT2D eigenvalue weighted by Crippen LogP contribution is -2.34. The smallest absolute Gasteiger partial charge is 0.133 e. The Morgan fingerprint density at radius 2 is 2.06 bits per heavy atom. The Bertz CT molecular complexity index is 360. The van der Waals surface area contributed by atoms with Crippen molar-refractivity contribution in [1.29, 1.82) is 0 Å². The van der Waals surface area contributed by atoms with Gasteiger partial charge in [-0.2, -0.15) is 0 Å². The van der Waals surface area contributed by atoms with E-state index in [9.17, 15) is 9.50 Å². The van der Waals surface area contributed by atoms with E-state index in [0.29, 0.717) is 4.91 Å². The van der Waals surface area contributed by atoms with Crippen molar-refractivity contribution in [3.05, 3.63) is 41.3 Å². The van der Waals surface area contributed by atoms with Crippen LogP contribution < -0.4 is 0 Å². The number of alkyl halides is 2. The first-order chi connectivity index (χ1) is 7.51. The lowest BCUT2D eigenvalue weighted by molar-refractivity contribution is 0.0835. The lowest BCUT2D eigenvalue weighted by Gasteiger charge is -2.24. The standard InChI is InChI=1S/C12H14BrFOS/c1-9-3-5-11(6-4-9)16-10(2)12(15,7-13)8-14/h3-6,15H,2,7-8H2,1H3. The van der Waals surface area contributed by atoms with Crippen LogP contribution in [-0.4, -0.2) is 22.7 Å². The maximum atomic E-state index is 12.7. The number of hydrogen-bond donors (Lipinski definition) is 1. The minimum Gasteiger partial charge on any atom is -0.381 e. The van der Waals surface area contributed by atoms with E-state index >= 15 is 0 Å². The largest absolute Gasteiger partial charge is 0.381 e. The highest BCUT2D eigenvalue weighted by Crippen LogP contribution is 2.34. The molecule has 1 aromatic rings.